The first-order valence-corrected chi connectivity index (χ1v) is 22.8. The molecule has 0 aromatic carbocycles. The average Bonchev–Trinajstić information content (AvgIpc) is 2.77. The van der Waals surface area contributed by atoms with Gasteiger partial charge >= 0.3 is 12.1 Å². The molecule has 0 atom stereocenters. The molecule has 0 bridgehead atoms. The molecular formula is C28H59NO7SSi2. The SMILES string of the molecule is C=C(C)C(=O)OCCNC(=O)OCCOCCC[Si](C)(C)OC(C)(C)[Si](C)(C)OC(C)(C)S(C)(C)CCCC. The first kappa shape index (κ1) is 38.1. The van der Waals surface area contributed by atoms with Crippen LogP contribution in [0.2, 0.25) is 32.2 Å². The van der Waals surface area contributed by atoms with Crippen molar-refractivity contribution in [3.63, 3.8) is 0 Å². The maximum atomic E-state index is 11.7. The lowest BCUT2D eigenvalue weighted by atomic mass is 10.4. The van der Waals surface area contributed by atoms with Crippen LogP contribution in [0.15, 0.2) is 12.2 Å². The largest absolute Gasteiger partial charge is 0.460 e. The summed E-state index contributed by atoms with van der Waals surface area (Å²) in [6.07, 6.45) is 7.58. The molecule has 0 rings (SSSR count). The van der Waals surface area contributed by atoms with E-state index in [1.54, 1.807) is 6.92 Å². The minimum Gasteiger partial charge on any atom is -0.460 e. The second-order valence-electron chi connectivity index (χ2n) is 12.7. The van der Waals surface area contributed by atoms with Gasteiger partial charge in [0.1, 0.15) is 13.2 Å². The molecule has 0 radical (unpaired) electrons. The number of carbonyl (C=O) groups excluding carboxylic acids is 2. The molecule has 0 fully saturated rings. The van der Waals surface area contributed by atoms with Crippen LogP contribution in [0.5, 0.6) is 0 Å². The van der Waals surface area contributed by atoms with E-state index in [-0.39, 0.29) is 29.9 Å². The summed E-state index contributed by atoms with van der Waals surface area (Å²) >= 11 is 0. The number of esters is 1. The quantitative estimate of drug-likeness (QED) is 0.0719. The van der Waals surface area contributed by atoms with Gasteiger partial charge in [0.05, 0.1) is 23.3 Å². The zero-order valence-electron chi connectivity index (χ0n) is 27.0. The van der Waals surface area contributed by atoms with Crippen molar-refractivity contribution >= 4 is 38.7 Å². The van der Waals surface area contributed by atoms with Gasteiger partial charge in [0, 0.05) is 12.2 Å². The Hall–Kier alpha value is -0.856. The molecule has 1 N–H and O–H groups in total. The van der Waals surface area contributed by atoms with Crippen molar-refractivity contribution in [1.82, 2.24) is 5.32 Å². The Labute approximate surface area is 242 Å². The number of carbonyl (C=O) groups is 2. The van der Waals surface area contributed by atoms with E-state index in [4.69, 9.17) is 23.1 Å². The zero-order chi connectivity index (χ0) is 30.5. The van der Waals surface area contributed by atoms with Gasteiger partial charge in [0.15, 0.2) is 8.32 Å². The van der Waals surface area contributed by atoms with E-state index < -0.39 is 38.7 Å². The molecule has 0 saturated carbocycles. The van der Waals surface area contributed by atoms with Crippen LogP contribution in [0.3, 0.4) is 0 Å². The van der Waals surface area contributed by atoms with Crippen LogP contribution >= 0.6 is 10.0 Å². The van der Waals surface area contributed by atoms with E-state index in [1.165, 1.54) is 18.6 Å². The van der Waals surface area contributed by atoms with Gasteiger partial charge < -0.3 is 28.4 Å². The van der Waals surface area contributed by atoms with Crippen LogP contribution in [-0.4, -0.2) is 90.1 Å². The summed E-state index contributed by atoms with van der Waals surface area (Å²) in [5.74, 6) is 0.746. The summed E-state index contributed by atoms with van der Waals surface area (Å²) in [5.41, 5.74) is 0.318. The molecule has 0 aliphatic rings. The van der Waals surface area contributed by atoms with Gasteiger partial charge in [-0.15, -0.1) is 0 Å². The minimum absolute atomic E-state index is 0.0668. The van der Waals surface area contributed by atoms with Crippen LogP contribution in [0.4, 0.5) is 4.79 Å². The highest BCUT2D eigenvalue weighted by atomic mass is 32.3. The third-order valence-electron chi connectivity index (χ3n) is 7.30. The smallest absolute Gasteiger partial charge is 0.407 e. The van der Waals surface area contributed by atoms with Crippen molar-refractivity contribution < 1.29 is 32.7 Å². The molecule has 11 heteroatoms. The lowest BCUT2D eigenvalue weighted by molar-refractivity contribution is -0.138. The fourth-order valence-corrected chi connectivity index (χ4v) is 12.6. The Kier molecular flexibility index (Phi) is 16.2. The lowest BCUT2D eigenvalue weighted by Crippen LogP contribution is -2.61. The summed E-state index contributed by atoms with van der Waals surface area (Å²) in [7, 11) is -5.08. The highest BCUT2D eigenvalue weighted by Crippen LogP contribution is 2.56. The molecular weight excluding hydrogens is 551 g/mol. The summed E-state index contributed by atoms with van der Waals surface area (Å²) in [6, 6.07) is 0.974. The number of rotatable bonds is 20. The highest BCUT2D eigenvalue weighted by Gasteiger charge is 2.50. The normalized spacial score (nSPS) is 13.6. The summed E-state index contributed by atoms with van der Waals surface area (Å²) in [4.78, 5) is 22.8. The molecule has 0 saturated heterocycles. The molecule has 0 unspecified atom stereocenters. The number of unbranched alkanes of at least 4 members (excludes halogenated alkanes) is 1. The summed E-state index contributed by atoms with van der Waals surface area (Å²) in [6.45, 7) is 26.7. The van der Waals surface area contributed by atoms with E-state index in [0.29, 0.717) is 18.8 Å². The van der Waals surface area contributed by atoms with E-state index in [9.17, 15) is 9.59 Å². The van der Waals surface area contributed by atoms with Crippen LogP contribution in [0.25, 0.3) is 0 Å². The topological polar surface area (TPSA) is 92.3 Å². The Bertz CT molecular complexity index is 786. The van der Waals surface area contributed by atoms with Crippen molar-refractivity contribution in [3.8, 4) is 0 Å². The van der Waals surface area contributed by atoms with Crippen molar-refractivity contribution in [2.24, 2.45) is 0 Å². The fourth-order valence-electron chi connectivity index (χ4n) is 3.83. The maximum Gasteiger partial charge on any atom is 0.407 e. The second-order valence-corrected chi connectivity index (χ2v) is 25.8. The van der Waals surface area contributed by atoms with Crippen molar-refractivity contribution in [2.75, 3.05) is 51.2 Å². The molecule has 39 heavy (non-hydrogen) atoms. The lowest BCUT2D eigenvalue weighted by Gasteiger charge is -2.54. The van der Waals surface area contributed by atoms with Crippen LogP contribution < -0.4 is 5.32 Å². The number of ether oxygens (including phenoxy) is 3. The second kappa shape index (κ2) is 16.6. The first-order chi connectivity index (χ1) is 17.7. The molecule has 8 nitrogen and oxygen atoms in total. The molecule has 0 aromatic heterocycles. The van der Waals surface area contributed by atoms with E-state index in [1.807, 2.05) is 0 Å². The van der Waals surface area contributed by atoms with Gasteiger partial charge in [0.2, 0.25) is 8.32 Å². The van der Waals surface area contributed by atoms with E-state index >= 15 is 0 Å². The molecule has 1 amide bonds. The van der Waals surface area contributed by atoms with Gasteiger partial charge in [-0.2, -0.15) is 0 Å². The number of hydrogen-bond donors (Lipinski definition) is 1. The molecule has 232 valence electrons. The predicted molar refractivity (Wildman–Crippen MR) is 170 cm³/mol. The predicted octanol–water partition coefficient (Wildman–Crippen LogP) is 6.60. The third-order valence-corrected chi connectivity index (χ3v) is 18.4. The summed E-state index contributed by atoms with van der Waals surface area (Å²) in [5, 5.41) is 2.21. The van der Waals surface area contributed by atoms with Gasteiger partial charge in [-0.3, -0.25) is 0 Å². The maximum absolute atomic E-state index is 11.7. The van der Waals surface area contributed by atoms with Crippen molar-refractivity contribution in [1.29, 1.82) is 0 Å². The van der Waals surface area contributed by atoms with Crippen LogP contribution in [0, 0.1) is 0 Å². The van der Waals surface area contributed by atoms with Gasteiger partial charge in [-0.1, -0.05) is 19.9 Å². The average molecular weight is 610 g/mol. The minimum atomic E-state index is -2.20. The Balaban J connectivity index is 4.46. The molecule has 0 aliphatic carbocycles. The van der Waals surface area contributed by atoms with Crippen LogP contribution in [0.1, 0.15) is 60.8 Å². The van der Waals surface area contributed by atoms with Gasteiger partial charge in [-0.05, 0) is 98.0 Å². The molecule has 0 aliphatic heterocycles. The monoisotopic (exact) mass is 609 g/mol. The molecule has 0 heterocycles. The van der Waals surface area contributed by atoms with Gasteiger partial charge in [-0.25, -0.2) is 19.6 Å². The van der Waals surface area contributed by atoms with Crippen LogP contribution in [-0.2, 0) is 27.9 Å². The number of alkyl carbamates (subject to hydrolysis) is 1. The Morgan fingerprint density at radius 3 is 2.08 bits per heavy atom. The number of nitrogens with one attached hydrogen (secondary N) is 1. The summed E-state index contributed by atoms with van der Waals surface area (Å²) < 4.78 is 29.5. The van der Waals surface area contributed by atoms with Crippen molar-refractivity contribution in [3.05, 3.63) is 12.2 Å². The Morgan fingerprint density at radius 1 is 0.897 bits per heavy atom. The van der Waals surface area contributed by atoms with Gasteiger partial charge in [0.25, 0.3) is 0 Å². The van der Waals surface area contributed by atoms with Crippen molar-refractivity contribution in [2.45, 2.75) is 103 Å². The third kappa shape index (κ3) is 14.6. The zero-order valence-corrected chi connectivity index (χ0v) is 29.9. The molecule has 0 spiro atoms. The number of amides is 1. The standard InChI is InChI=1S/C28H59NO7SSi2/c1-14-15-22-37(8,9)27(4,5)35-39(12,13)28(6,7)36-38(10,11)23-16-18-32-20-21-34-26(31)29-17-19-33-25(30)24(2)3/h2,14-23H2,1,3-13H3,(H,29,31). The fraction of sp³-hybridized carbons (Fsp3) is 0.857. The highest BCUT2D eigenvalue weighted by molar-refractivity contribution is 8.33. The van der Waals surface area contributed by atoms with E-state index in [0.717, 1.165) is 12.5 Å². The Morgan fingerprint density at radius 2 is 1.51 bits per heavy atom. The number of hydrogen-bond acceptors (Lipinski definition) is 7. The first-order valence-electron chi connectivity index (χ1n) is 14.1. The van der Waals surface area contributed by atoms with E-state index in [2.05, 4.69) is 85.2 Å². The molecule has 0 aromatic rings.